The van der Waals surface area contributed by atoms with Crippen molar-refractivity contribution >= 4 is 11.8 Å². The molecular weight excluding hydrogens is 180 g/mol. The number of hydrogen-bond donors (Lipinski definition) is 1. The van der Waals surface area contributed by atoms with Crippen molar-refractivity contribution in [3.8, 4) is 6.07 Å². The lowest BCUT2D eigenvalue weighted by atomic mass is 10.1. The molecule has 1 fully saturated rings. The van der Waals surface area contributed by atoms with E-state index in [1.54, 1.807) is 0 Å². The fraction of sp³-hybridized carbons (Fsp3) is 0.900. The van der Waals surface area contributed by atoms with Gasteiger partial charge in [0, 0.05) is 18.3 Å². The van der Waals surface area contributed by atoms with Crippen molar-refractivity contribution in [2.75, 3.05) is 18.8 Å². The average molecular weight is 198 g/mol. The van der Waals surface area contributed by atoms with Crippen molar-refractivity contribution in [1.82, 2.24) is 5.32 Å². The van der Waals surface area contributed by atoms with Crippen LogP contribution in [0.5, 0.6) is 0 Å². The van der Waals surface area contributed by atoms with Crippen LogP contribution in [0.25, 0.3) is 0 Å². The zero-order chi connectivity index (χ0) is 9.52. The number of nitriles is 1. The van der Waals surface area contributed by atoms with E-state index in [2.05, 4.69) is 23.1 Å². The molecule has 2 atom stereocenters. The van der Waals surface area contributed by atoms with Gasteiger partial charge in [-0.2, -0.15) is 17.0 Å². The summed E-state index contributed by atoms with van der Waals surface area (Å²) in [5.41, 5.74) is 0. The molecule has 1 rings (SSSR count). The fourth-order valence-electron chi connectivity index (χ4n) is 1.47. The van der Waals surface area contributed by atoms with Crippen LogP contribution < -0.4 is 5.32 Å². The molecule has 1 aliphatic heterocycles. The summed E-state index contributed by atoms with van der Waals surface area (Å²) in [5.74, 6) is 1.47. The molecule has 0 aromatic carbocycles. The normalized spacial score (nSPS) is 25.1. The summed E-state index contributed by atoms with van der Waals surface area (Å²) in [6.45, 7) is 3.88. The van der Waals surface area contributed by atoms with Crippen LogP contribution in [-0.2, 0) is 0 Å². The molecule has 0 saturated carbocycles. The maximum absolute atomic E-state index is 8.58. The first-order valence-electron chi connectivity index (χ1n) is 5.05. The quantitative estimate of drug-likeness (QED) is 0.750. The van der Waals surface area contributed by atoms with Crippen LogP contribution in [0, 0.1) is 17.2 Å². The highest BCUT2D eigenvalue weighted by atomic mass is 32.2. The molecule has 0 amide bonds. The first kappa shape index (κ1) is 10.9. The Morgan fingerprint density at radius 3 is 3.08 bits per heavy atom. The summed E-state index contributed by atoms with van der Waals surface area (Å²) in [4.78, 5) is 0. The standard InChI is InChI=1S/C10H18N2S/c1-9(6-11)7-12-8-10-4-2-3-5-13-10/h9-10,12H,2-5,7-8H2,1H3. The monoisotopic (exact) mass is 198 g/mol. The van der Waals surface area contributed by atoms with Crippen LogP contribution in [0.1, 0.15) is 26.2 Å². The van der Waals surface area contributed by atoms with E-state index >= 15 is 0 Å². The molecule has 0 radical (unpaired) electrons. The van der Waals surface area contributed by atoms with E-state index in [0.29, 0.717) is 0 Å². The van der Waals surface area contributed by atoms with E-state index < -0.39 is 0 Å². The fourth-order valence-corrected chi connectivity index (χ4v) is 2.75. The van der Waals surface area contributed by atoms with Gasteiger partial charge in [0.2, 0.25) is 0 Å². The lowest BCUT2D eigenvalue weighted by Crippen LogP contribution is -2.29. The van der Waals surface area contributed by atoms with Gasteiger partial charge in [-0.3, -0.25) is 0 Å². The number of thioether (sulfide) groups is 1. The van der Waals surface area contributed by atoms with Gasteiger partial charge in [0.25, 0.3) is 0 Å². The van der Waals surface area contributed by atoms with Gasteiger partial charge in [0.15, 0.2) is 0 Å². The van der Waals surface area contributed by atoms with Crippen LogP contribution >= 0.6 is 11.8 Å². The zero-order valence-corrected chi connectivity index (χ0v) is 9.07. The van der Waals surface area contributed by atoms with E-state index in [0.717, 1.165) is 18.3 Å². The molecule has 0 aromatic heterocycles. The zero-order valence-electron chi connectivity index (χ0n) is 8.25. The Morgan fingerprint density at radius 1 is 1.62 bits per heavy atom. The molecule has 1 aliphatic rings. The van der Waals surface area contributed by atoms with Crippen molar-refractivity contribution in [2.24, 2.45) is 5.92 Å². The van der Waals surface area contributed by atoms with Gasteiger partial charge in [0.05, 0.1) is 12.0 Å². The number of hydrogen-bond acceptors (Lipinski definition) is 3. The summed E-state index contributed by atoms with van der Waals surface area (Å²) in [6.07, 6.45) is 4.11. The molecule has 74 valence electrons. The van der Waals surface area contributed by atoms with E-state index in [1.165, 1.54) is 25.0 Å². The third kappa shape index (κ3) is 4.54. The molecule has 13 heavy (non-hydrogen) atoms. The second-order valence-electron chi connectivity index (χ2n) is 3.68. The minimum Gasteiger partial charge on any atom is -0.314 e. The highest BCUT2D eigenvalue weighted by Crippen LogP contribution is 2.24. The summed E-state index contributed by atoms with van der Waals surface area (Å²) in [7, 11) is 0. The lowest BCUT2D eigenvalue weighted by Gasteiger charge is -2.21. The average Bonchev–Trinajstić information content (AvgIpc) is 2.19. The second-order valence-corrected chi connectivity index (χ2v) is 5.09. The largest absolute Gasteiger partial charge is 0.314 e. The van der Waals surface area contributed by atoms with Gasteiger partial charge < -0.3 is 5.32 Å². The van der Waals surface area contributed by atoms with E-state index in [1.807, 2.05) is 6.92 Å². The van der Waals surface area contributed by atoms with E-state index in [9.17, 15) is 0 Å². The maximum Gasteiger partial charge on any atom is 0.0666 e. The number of rotatable bonds is 4. The summed E-state index contributed by atoms with van der Waals surface area (Å²) in [6, 6.07) is 2.23. The molecule has 2 unspecified atom stereocenters. The molecule has 0 aliphatic carbocycles. The van der Waals surface area contributed by atoms with Crippen molar-refractivity contribution in [3.05, 3.63) is 0 Å². The maximum atomic E-state index is 8.58. The second kappa shape index (κ2) is 6.28. The van der Waals surface area contributed by atoms with E-state index in [4.69, 9.17) is 5.26 Å². The van der Waals surface area contributed by atoms with Gasteiger partial charge in [-0.05, 0) is 25.5 Å². The van der Waals surface area contributed by atoms with Gasteiger partial charge in [0.1, 0.15) is 0 Å². The summed E-state index contributed by atoms with van der Waals surface area (Å²) in [5, 5.41) is 12.7. The van der Waals surface area contributed by atoms with Crippen molar-refractivity contribution < 1.29 is 0 Å². The van der Waals surface area contributed by atoms with Crippen LogP contribution in [0.15, 0.2) is 0 Å². The SMILES string of the molecule is CC(C#N)CNCC1CCCCS1. The Kier molecular flexibility index (Phi) is 5.26. The Morgan fingerprint density at radius 2 is 2.46 bits per heavy atom. The first-order valence-corrected chi connectivity index (χ1v) is 6.09. The molecule has 0 aromatic rings. The van der Waals surface area contributed by atoms with Gasteiger partial charge in [-0.1, -0.05) is 6.42 Å². The highest BCUT2D eigenvalue weighted by Gasteiger charge is 2.13. The highest BCUT2D eigenvalue weighted by molar-refractivity contribution is 7.99. The van der Waals surface area contributed by atoms with Crippen LogP contribution in [0.3, 0.4) is 0 Å². The van der Waals surface area contributed by atoms with Crippen LogP contribution in [0.2, 0.25) is 0 Å². The smallest absolute Gasteiger partial charge is 0.0666 e. The lowest BCUT2D eigenvalue weighted by molar-refractivity contribution is 0.561. The van der Waals surface area contributed by atoms with E-state index in [-0.39, 0.29) is 5.92 Å². The van der Waals surface area contributed by atoms with Gasteiger partial charge >= 0.3 is 0 Å². The molecule has 3 heteroatoms. The van der Waals surface area contributed by atoms with Gasteiger partial charge in [-0.15, -0.1) is 0 Å². The Bertz CT molecular complexity index is 170. The minimum atomic E-state index is 0.147. The van der Waals surface area contributed by atoms with Crippen LogP contribution in [0.4, 0.5) is 0 Å². The minimum absolute atomic E-state index is 0.147. The third-order valence-corrected chi connectivity index (χ3v) is 3.72. The molecular formula is C10H18N2S. The first-order chi connectivity index (χ1) is 6.33. The number of nitrogens with one attached hydrogen (secondary N) is 1. The third-order valence-electron chi connectivity index (χ3n) is 2.32. The summed E-state index contributed by atoms with van der Waals surface area (Å²) >= 11 is 2.08. The topological polar surface area (TPSA) is 35.8 Å². The molecule has 0 spiro atoms. The summed E-state index contributed by atoms with van der Waals surface area (Å²) < 4.78 is 0. The van der Waals surface area contributed by atoms with Gasteiger partial charge in [-0.25, -0.2) is 0 Å². The van der Waals surface area contributed by atoms with Crippen molar-refractivity contribution in [1.29, 1.82) is 5.26 Å². The molecule has 1 heterocycles. The van der Waals surface area contributed by atoms with Crippen molar-refractivity contribution in [2.45, 2.75) is 31.4 Å². The Labute approximate surface area is 85.1 Å². The molecule has 0 bridgehead atoms. The molecule has 1 N–H and O–H groups in total. The Balaban J connectivity index is 2.02. The molecule has 2 nitrogen and oxygen atoms in total. The van der Waals surface area contributed by atoms with Crippen LogP contribution in [-0.4, -0.2) is 24.1 Å². The number of nitrogens with zero attached hydrogens (tertiary/aromatic N) is 1. The Hall–Kier alpha value is -0.200. The predicted molar refractivity (Wildman–Crippen MR) is 57.7 cm³/mol. The predicted octanol–water partition coefficient (Wildman–Crippen LogP) is 2.02. The molecule has 1 saturated heterocycles. The van der Waals surface area contributed by atoms with Crippen molar-refractivity contribution in [3.63, 3.8) is 0 Å².